The zero-order chi connectivity index (χ0) is 18.8. The first-order valence-corrected chi connectivity index (χ1v) is 9.46. The highest BCUT2D eigenvalue weighted by atomic mass is 16.3. The number of hydrogen-bond acceptors (Lipinski definition) is 4. The third-order valence-electron chi connectivity index (χ3n) is 5.31. The summed E-state index contributed by atoms with van der Waals surface area (Å²) in [7, 11) is 1.61. The third kappa shape index (κ3) is 3.30. The SMILES string of the molecule is CNC(=O)c1c(-c2ccccc2)oc2ccc(O)c(CCN3CCCC3)c12. The molecule has 0 spiro atoms. The lowest BCUT2D eigenvalue weighted by atomic mass is 9.98. The van der Waals surface area contributed by atoms with Crippen molar-refractivity contribution in [2.24, 2.45) is 0 Å². The molecular formula is C22H24N2O3. The van der Waals surface area contributed by atoms with Gasteiger partial charge in [-0.2, -0.15) is 0 Å². The molecule has 3 aromatic rings. The number of fused-ring (bicyclic) bond motifs is 1. The maximum Gasteiger partial charge on any atom is 0.255 e. The van der Waals surface area contributed by atoms with Crippen LogP contribution in [0.3, 0.4) is 0 Å². The molecule has 1 aromatic heterocycles. The van der Waals surface area contributed by atoms with Gasteiger partial charge in [0.1, 0.15) is 17.1 Å². The lowest BCUT2D eigenvalue weighted by Gasteiger charge is -2.15. The highest BCUT2D eigenvalue weighted by molar-refractivity contribution is 6.12. The number of nitrogens with zero attached hydrogens (tertiary/aromatic N) is 1. The van der Waals surface area contributed by atoms with Gasteiger partial charge in [-0.05, 0) is 44.5 Å². The highest BCUT2D eigenvalue weighted by Crippen LogP contribution is 2.38. The molecule has 0 saturated carbocycles. The van der Waals surface area contributed by atoms with Crippen molar-refractivity contribution >= 4 is 16.9 Å². The normalized spacial score (nSPS) is 14.7. The van der Waals surface area contributed by atoms with E-state index in [0.29, 0.717) is 28.7 Å². The van der Waals surface area contributed by atoms with Crippen LogP contribution in [0.4, 0.5) is 0 Å². The second-order valence-electron chi connectivity index (χ2n) is 6.99. The quantitative estimate of drug-likeness (QED) is 0.723. The molecule has 5 heteroatoms. The van der Waals surface area contributed by atoms with E-state index in [0.717, 1.165) is 30.8 Å². The first-order valence-electron chi connectivity index (χ1n) is 9.46. The van der Waals surface area contributed by atoms with Gasteiger partial charge in [0, 0.05) is 30.1 Å². The van der Waals surface area contributed by atoms with E-state index in [1.54, 1.807) is 19.2 Å². The number of likely N-dealkylation sites (tertiary alicyclic amines) is 1. The van der Waals surface area contributed by atoms with Gasteiger partial charge < -0.3 is 19.7 Å². The molecule has 0 atom stereocenters. The first-order chi connectivity index (χ1) is 13.2. The number of phenolic OH excluding ortho intramolecular Hbond substituents is 1. The monoisotopic (exact) mass is 364 g/mol. The van der Waals surface area contributed by atoms with Gasteiger partial charge in [-0.3, -0.25) is 4.79 Å². The van der Waals surface area contributed by atoms with Crippen molar-refractivity contribution in [2.45, 2.75) is 19.3 Å². The fraction of sp³-hybridized carbons (Fsp3) is 0.318. The summed E-state index contributed by atoms with van der Waals surface area (Å²) in [4.78, 5) is 15.1. The summed E-state index contributed by atoms with van der Waals surface area (Å²) in [5.74, 6) is 0.547. The first kappa shape index (κ1) is 17.6. The Morgan fingerprint density at radius 3 is 2.59 bits per heavy atom. The fourth-order valence-electron chi connectivity index (χ4n) is 3.91. The molecule has 140 valence electrons. The summed E-state index contributed by atoms with van der Waals surface area (Å²) < 4.78 is 6.09. The van der Waals surface area contributed by atoms with Crippen molar-refractivity contribution in [3.05, 3.63) is 53.6 Å². The molecule has 0 radical (unpaired) electrons. The average Bonchev–Trinajstić information content (AvgIpc) is 3.35. The van der Waals surface area contributed by atoms with Gasteiger partial charge in [-0.15, -0.1) is 0 Å². The van der Waals surface area contributed by atoms with E-state index < -0.39 is 0 Å². The molecule has 1 fully saturated rings. The minimum absolute atomic E-state index is 0.208. The minimum atomic E-state index is -0.208. The van der Waals surface area contributed by atoms with Crippen molar-refractivity contribution < 1.29 is 14.3 Å². The number of aromatic hydroxyl groups is 1. The Balaban J connectivity index is 1.85. The van der Waals surface area contributed by atoms with Gasteiger partial charge in [0.25, 0.3) is 5.91 Å². The number of rotatable bonds is 5. The summed E-state index contributed by atoms with van der Waals surface area (Å²) in [6.07, 6.45) is 3.13. The summed E-state index contributed by atoms with van der Waals surface area (Å²) in [6, 6.07) is 13.0. The molecule has 2 N–H and O–H groups in total. The van der Waals surface area contributed by atoms with Gasteiger partial charge in [-0.25, -0.2) is 0 Å². The standard InChI is InChI=1S/C22H24N2O3/c1-23-22(26)20-19-16(11-14-24-12-5-6-13-24)17(25)9-10-18(19)27-21(20)15-7-3-2-4-8-15/h2-4,7-10,25H,5-6,11-14H2,1H3,(H,23,26). The predicted octanol–water partition coefficient (Wildman–Crippen LogP) is 3.80. The maximum atomic E-state index is 12.7. The predicted molar refractivity (Wildman–Crippen MR) is 106 cm³/mol. The van der Waals surface area contributed by atoms with Crippen LogP contribution in [-0.2, 0) is 6.42 Å². The second-order valence-corrected chi connectivity index (χ2v) is 6.99. The van der Waals surface area contributed by atoms with E-state index in [4.69, 9.17) is 4.42 Å². The molecule has 1 aliphatic heterocycles. The number of nitrogens with one attached hydrogen (secondary N) is 1. The zero-order valence-electron chi connectivity index (χ0n) is 15.5. The Hall–Kier alpha value is -2.79. The van der Waals surface area contributed by atoms with E-state index in [2.05, 4.69) is 10.2 Å². The smallest absolute Gasteiger partial charge is 0.255 e. The van der Waals surface area contributed by atoms with Crippen molar-refractivity contribution in [3.63, 3.8) is 0 Å². The van der Waals surface area contributed by atoms with Crippen molar-refractivity contribution in [1.29, 1.82) is 0 Å². The summed E-state index contributed by atoms with van der Waals surface area (Å²) in [6.45, 7) is 3.06. The van der Waals surface area contributed by atoms with Gasteiger partial charge >= 0.3 is 0 Å². The largest absolute Gasteiger partial charge is 0.508 e. The summed E-state index contributed by atoms with van der Waals surface area (Å²) in [5.41, 5.74) is 2.74. The van der Waals surface area contributed by atoms with Crippen LogP contribution < -0.4 is 5.32 Å². The maximum absolute atomic E-state index is 12.7. The second kappa shape index (κ2) is 7.45. The van der Waals surface area contributed by atoms with Crippen molar-refractivity contribution in [1.82, 2.24) is 10.2 Å². The minimum Gasteiger partial charge on any atom is -0.508 e. The van der Waals surface area contributed by atoms with Crippen molar-refractivity contribution in [3.8, 4) is 17.1 Å². The zero-order valence-corrected chi connectivity index (χ0v) is 15.5. The lowest BCUT2D eigenvalue weighted by Crippen LogP contribution is -2.22. The van der Waals surface area contributed by atoms with Crippen LogP contribution >= 0.6 is 0 Å². The topological polar surface area (TPSA) is 65.7 Å². The average molecular weight is 364 g/mol. The van der Waals surface area contributed by atoms with Crippen molar-refractivity contribution in [2.75, 3.05) is 26.7 Å². The van der Waals surface area contributed by atoms with E-state index in [1.807, 2.05) is 30.3 Å². The number of amides is 1. The molecule has 0 unspecified atom stereocenters. The molecule has 5 nitrogen and oxygen atoms in total. The number of phenols is 1. The number of carbonyl (C=O) groups excluding carboxylic acids is 1. The number of benzene rings is 2. The third-order valence-corrected chi connectivity index (χ3v) is 5.31. The van der Waals surface area contributed by atoms with Gasteiger partial charge in [-0.1, -0.05) is 30.3 Å². The Morgan fingerprint density at radius 1 is 1.15 bits per heavy atom. The van der Waals surface area contributed by atoms with Crippen LogP contribution in [0.25, 0.3) is 22.3 Å². The van der Waals surface area contributed by atoms with E-state index in [-0.39, 0.29) is 11.7 Å². The van der Waals surface area contributed by atoms with E-state index in [9.17, 15) is 9.90 Å². The molecule has 27 heavy (non-hydrogen) atoms. The van der Waals surface area contributed by atoms with E-state index >= 15 is 0 Å². The Morgan fingerprint density at radius 2 is 1.89 bits per heavy atom. The number of furan rings is 1. The van der Waals surface area contributed by atoms with Crippen LogP contribution in [0.2, 0.25) is 0 Å². The summed E-state index contributed by atoms with van der Waals surface area (Å²) >= 11 is 0. The molecule has 1 saturated heterocycles. The van der Waals surface area contributed by atoms with Crippen LogP contribution in [0, 0.1) is 0 Å². The molecule has 2 heterocycles. The Labute approximate surface area is 158 Å². The molecule has 0 bridgehead atoms. The van der Waals surface area contributed by atoms with E-state index in [1.165, 1.54) is 12.8 Å². The molecule has 1 aliphatic rings. The van der Waals surface area contributed by atoms with Crippen LogP contribution in [-0.4, -0.2) is 42.6 Å². The van der Waals surface area contributed by atoms with Gasteiger partial charge in [0.15, 0.2) is 0 Å². The van der Waals surface area contributed by atoms with Gasteiger partial charge in [0.2, 0.25) is 0 Å². The molecule has 0 aliphatic carbocycles. The van der Waals surface area contributed by atoms with Crippen LogP contribution in [0.1, 0.15) is 28.8 Å². The Kier molecular flexibility index (Phi) is 4.86. The molecule has 4 rings (SSSR count). The lowest BCUT2D eigenvalue weighted by molar-refractivity contribution is 0.0964. The summed E-state index contributed by atoms with van der Waals surface area (Å²) in [5, 5.41) is 14.0. The number of hydrogen-bond donors (Lipinski definition) is 2. The highest BCUT2D eigenvalue weighted by Gasteiger charge is 2.25. The fourth-order valence-corrected chi connectivity index (χ4v) is 3.91. The van der Waals surface area contributed by atoms with Crippen LogP contribution in [0.15, 0.2) is 46.9 Å². The Bertz CT molecular complexity index is 957. The van der Waals surface area contributed by atoms with Crippen LogP contribution in [0.5, 0.6) is 5.75 Å². The van der Waals surface area contributed by atoms with Gasteiger partial charge in [0.05, 0.1) is 5.56 Å². The molecule has 2 aromatic carbocycles. The molecular weight excluding hydrogens is 340 g/mol. The number of carbonyl (C=O) groups is 1. The molecule has 1 amide bonds.